The number of amides is 2. The molecule has 1 atom stereocenters. The second-order valence-corrected chi connectivity index (χ2v) is 6.00. The Kier molecular flexibility index (Phi) is 7.30. The zero-order valence-electron chi connectivity index (χ0n) is 15.0. The maximum absolute atomic E-state index is 12.0. The molecule has 1 unspecified atom stereocenters. The molecule has 0 aliphatic heterocycles. The summed E-state index contributed by atoms with van der Waals surface area (Å²) in [6.07, 6.45) is 0.143. The standard InChI is InChI=1S/C19H22N4O4/c1-14(22-19(25)15-7-3-2-4-8-15)13-18(24)21-12-11-20-16-9-5-6-10-17(16)23(26)27/h2-10,14,20H,11-13H2,1H3,(H,21,24)(H,22,25). The van der Waals surface area contributed by atoms with Crippen molar-refractivity contribution in [3.63, 3.8) is 0 Å². The zero-order chi connectivity index (χ0) is 19.6. The van der Waals surface area contributed by atoms with Gasteiger partial charge in [-0.2, -0.15) is 0 Å². The molecule has 0 aliphatic carbocycles. The third-order valence-electron chi connectivity index (χ3n) is 3.77. The van der Waals surface area contributed by atoms with E-state index in [1.807, 2.05) is 6.07 Å². The number of hydrogen-bond acceptors (Lipinski definition) is 5. The number of carbonyl (C=O) groups is 2. The van der Waals surface area contributed by atoms with Gasteiger partial charge in [0.25, 0.3) is 11.6 Å². The fraction of sp³-hybridized carbons (Fsp3) is 0.263. The molecule has 0 radical (unpaired) electrons. The molecule has 142 valence electrons. The van der Waals surface area contributed by atoms with E-state index in [1.165, 1.54) is 6.07 Å². The quantitative estimate of drug-likeness (QED) is 0.356. The van der Waals surface area contributed by atoms with Gasteiger partial charge in [0.15, 0.2) is 0 Å². The Balaban J connectivity index is 1.70. The lowest BCUT2D eigenvalue weighted by Crippen LogP contribution is -2.38. The second-order valence-electron chi connectivity index (χ2n) is 6.00. The van der Waals surface area contributed by atoms with Gasteiger partial charge < -0.3 is 16.0 Å². The van der Waals surface area contributed by atoms with Crippen molar-refractivity contribution in [1.82, 2.24) is 10.6 Å². The molecule has 2 rings (SSSR count). The van der Waals surface area contributed by atoms with Crippen LogP contribution in [0.15, 0.2) is 54.6 Å². The average molecular weight is 370 g/mol. The minimum atomic E-state index is -0.460. The van der Waals surface area contributed by atoms with Crippen LogP contribution in [-0.4, -0.2) is 35.9 Å². The lowest BCUT2D eigenvalue weighted by Gasteiger charge is -2.14. The lowest BCUT2D eigenvalue weighted by atomic mass is 10.1. The molecule has 0 saturated carbocycles. The van der Waals surface area contributed by atoms with Crippen LogP contribution in [0.5, 0.6) is 0 Å². The highest BCUT2D eigenvalue weighted by Gasteiger charge is 2.14. The predicted octanol–water partition coefficient (Wildman–Crippen LogP) is 2.33. The molecule has 8 heteroatoms. The van der Waals surface area contributed by atoms with Crippen molar-refractivity contribution < 1.29 is 14.5 Å². The molecular formula is C19H22N4O4. The summed E-state index contributed by atoms with van der Waals surface area (Å²) in [6, 6.07) is 14.8. The van der Waals surface area contributed by atoms with E-state index >= 15 is 0 Å². The molecule has 0 fully saturated rings. The molecule has 0 saturated heterocycles. The van der Waals surface area contributed by atoms with Crippen LogP contribution in [0, 0.1) is 10.1 Å². The maximum Gasteiger partial charge on any atom is 0.292 e. The number of rotatable bonds is 9. The third-order valence-corrected chi connectivity index (χ3v) is 3.77. The minimum absolute atomic E-state index is 0.0129. The van der Waals surface area contributed by atoms with Crippen LogP contribution in [0.3, 0.4) is 0 Å². The van der Waals surface area contributed by atoms with Gasteiger partial charge in [0.1, 0.15) is 5.69 Å². The first-order chi connectivity index (χ1) is 13.0. The van der Waals surface area contributed by atoms with E-state index in [0.717, 1.165) is 0 Å². The van der Waals surface area contributed by atoms with Gasteiger partial charge in [0, 0.05) is 37.2 Å². The lowest BCUT2D eigenvalue weighted by molar-refractivity contribution is -0.384. The van der Waals surface area contributed by atoms with Gasteiger partial charge >= 0.3 is 0 Å². The van der Waals surface area contributed by atoms with Gasteiger partial charge in [-0.3, -0.25) is 19.7 Å². The Hall–Kier alpha value is -3.42. The number of nitro groups is 1. The van der Waals surface area contributed by atoms with Gasteiger partial charge in [0.05, 0.1) is 4.92 Å². The largest absolute Gasteiger partial charge is 0.378 e. The summed E-state index contributed by atoms with van der Waals surface area (Å²) in [5.74, 6) is -0.436. The van der Waals surface area contributed by atoms with Crippen LogP contribution in [-0.2, 0) is 4.79 Å². The SMILES string of the molecule is CC(CC(=O)NCCNc1ccccc1[N+](=O)[O-])NC(=O)c1ccccc1. The number of anilines is 1. The number of para-hydroxylation sites is 2. The summed E-state index contributed by atoms with van der Waals surface area (Å²) >= 11 is 0. The monoisotopic (exact) mass is 370 g/mol. The fourth-order valence-corrected chi connectivity index (χ4v) is 2.48. The summed E-state index contributed by atoms with van der Waals surface area (Å²) in [6.45, 7) is 2.41. The molecular weight excluding hydrogens is 348 g/mol. The van der Waals surface area contributed by atoms with Crippen molar-refractivity contribution in [1.29, 1.82) is 0 Å². The first kappa shape index (κ1) is 19.9. The molecule has 0 aromatic heterocycles. The Morgan fingerprint density at radius 2 is 1.70 bits per heavy atom. The highest BCUT2D eigenvalue weighted by atomic mass is 16.6. The summed E-state index contributed by atoms with van der Waals surface area (Å²) in [4.78, 5) is 34.5. The molecule has 2 amide bonds. The number of benzene rings is 2. The van der Waals surface area contributed by atoms with E-state index in [4.69, 9.17) is 0 Å². The summed E-state index contributed by atoms with van der Waals surface area (Å²) in [7, 11) is 0. The Morgan fingerprint density at radius 3 is 2.41 bits per heavy atom. The van der Waals surface area contributed by atoms with E-state index in [1.54, 1.807) is 49.4 Å². The average Bonchev–Trinajstić information content (AvgIpc) is 2.66. The molecule has 3 N–H and O–H groups in total. The highest BCUT2D eigenvalue weighted by Crippen LogP contribution is 2.22. The van der Waals surface area contributed by atoms with Crippen LogP contribution >= 0.6 is 0 Å². The zero-order valence-corrected chi connectivity index (χ0v) is 15.0. The smallest absolute Gasteiger partial charge is 0.292 e. The van der Waals surface area contributed by atoms with Crippen LogP contribution in [0.25, 0.3) is 0 Å². The molecule has 0 heterocycles. The maximum atomic E-state index is 12.0. The van der Waals surface area contributed by atoms with E-state index in [-0.39, 0.29) is 30.0 Å². The van der Waals surface area contributed by atoms with Gasteiger partial charge in [-0.15, -0.1) is 0 Å². The van der Waals surface area contributed by atoms with Gasteiger partial charge in [-0.05, 0) is 25.1 Å². The minimum Gasteiger partial charge on any atom is -0.378 e. The van der Waals surface area contributed by atoms with Crippen molar-refractivity contribution in [2.45, 2.75) is 19.4 Å². The topological polar surface area (TPSA) is 113 Å². The molecule has 0 spiro atoms. The number of carbonyl (C=O) groups excluding carboxylic acids is 2. The second kappa shape index (κ2) is 9.91. The molecule has 8 nitrogen and oxygen atoms in total. The van der Waals surface area contributed by atoms with E-state index in [0.29, 0.717) is 24.3 Å². The highest BCUT2D eigenvalue weighted by molar-refractivity contribution is 5.94. The van der Waals surface area contributed by atoms with E-state index in [9.17, 15) is 19.7 Å². The van der Waals surface area contributed by atoms with Crippen molar-refractivity contribution in [3.8, 4) is 0 Å². The van der Waals surface area contributed by atoms with Crippen molar-refractivity contribution in [2.75, 3.05) is 18.4 Å². The number of nitrogens with one attached hydrogen (secondary N) is 3. The molecule has 2 aromatic carbocycles. The van der Waals surface area contributed by atoms with Crippen molar-refractivity contribution in [3.05, 3.63) is 70.3 Å². The first-order valence-corrected chi connectivity index (χ1v) is 8.57. The van der Waals surface area contributed by atoms with Crippen molar-refractivity contribution >= 4 is 23.2 Å². The Bertz CT molecular complexity index is 795. The van der Waals surface area contributed by atoms with Crippen LogP contribution < -0.4 is 16.0 Å². The van der Waals surface area contributed by atoms with Crippen LogP contribution in [0.1, 0.15) is 23.7 Å². The first-order valence-electron chi connectivity index (χ1n) is 8.57. The number of nitrogens with zero attached hydrogens (tertiary/aromatic N) is 1. The van der Waals surface area contributed by atoms with Crippen LogP contribution in [0.2, 0.25) is 0 Å². The normalized spacial score (nSPS) is 11.3. The van der Waals surface area contributed by atoms with Gasteiger partial charge in [0.2, 0.25) is 5.91 Å². The number of nitro benzene ring substituents is 1. The molecule has 2 aromatic rings. The van der Waals surface area contributed by atoms with Gasteiger partial charge in [-0.25, -0.2) is 0 Å². The Labute approximate surface area is 157 Å². The summed E-state index contributed by atoms with van der Waals surface area (Å²) < 4.78 is 0. The fourth-order valence-electron chi connectivity index (χ4n) is 2.48. The summed E-state index contributed by atoms with van der Waals surface area (Å²) in [5, 5.41) is 19.4. The molecule has 0 bridgehead atoms. The molecule has 0 aliphatic rings. The van der Waals surface area contributed by atoms with E-state index < -0.39 is 4.92 Å². The van der Waals surface area contributed by atoms with E-state index in [2.05, 4.69) is 16.0 Å². The summed E-state index contributed by atoms with van der Waals surface area (Å²) in [5.41, 5.74) is 0.930. The Morgan fingerprint density at radius 1 is 1.04 bits per heavy atom. The van der Waals surface area contributed by atoms with Gasteiger partial charge in [-0.1, -0.05) is 30.3 Å². The molecule has 27 heavy (non-hydrogen) atoms. The third kappa shape index (κ3) is 6.43. The van der Waals surface area contributed by atoms with Crippen LogP contribution in [0.4, 0.5) is 11.4 Å². The van der Waals surface area contributed by atoms with Crippen molar-refractivity contribution in [2.24, 2.45) is 0 Å². The predicted molar refractivity (Wildman–Crippen MR) is 103 cm³/mol. The number of hydrogen-bond donors (Lipinski definition) is 3.